The van der Waals surface area contributed by atoms with Gasteiger partial charge in [0.05, 0.1) is 17.9 Å². The predicted molar refractivity (Wildman–Crippen MR) is 58.5 cm³/mol. The quantitative estimate of drug-likeness (QED) is 0.740. The van der Waals surface area contributed by atoms with E-state index in [9.17, 15) is 4.79 Å². The van der Waals surface area contributed by atoms with Crippen molar-refractivity contribution in [1.29, 1.82) is 0 Å². The molecule has 14 heavy (non-hydrogen) atoms. The van der Waals surface area contributed by atoms with E-state index in [1.54, 1.807) is 31.0 Å². The van der Waals surface area contributed by atoms with Gasteiger partial charge in [0.25, 0.3) is 0 Å². The molecular formula is C10H9ClO2S. The summed E-state index contributed by atoms with van der Waals surface area (Å²) >= 11 is 7.58. The van der Waals surface area contributed by atoms with Gasteiger partial charge < -0.3 is 4.74 Å². The van der Waals surface area contributed by atoms with E-state index in [0.717, 1.165) is 17.1 Å². The van der Waals surface area contributed by atoms with Crippen molar-refractivity contribution in [3.05, 3.63) is 28.3 Å². The van der Waals surface area contributed by atoms with Crippen LogP contribution in [0.2, 0.25) is 5.02 Å². The van der Waals surface area contributed by atoms with Gasteiger partial charge in [0.2, 0.25) is 0 Å². The average molecular weight is 229 g/mol. The molecule has 0 aliphatic carbocycles. The zero-order valence-electron chi connectivity index (χ0n) is 7.67. The first kappa shape index (κ1) is 9.87. The van der Waals surface area contributed by atoms with E-state index in [1.807, 2.05) is 0 Å². The molecule has 1 aromatic rings. The van der Waals surface area contributed by atoms with Crippen LogP contribution in [0.4, 0.5) is 0 Å². The van der Waals surface area contributed by atoms with Gasteiger partial charge in [0.15, 0.2) is 5.78 Å². The Labute approximate surface area is 91.6 Å². The minimum atomic E-state index is 0.0974. The number of benzene rings is 1. The maximum Gasteiger partial charge on any atom is 0.174 e. The number of carbonyl (C=O) groups is 1. The highest BCUT2D eigenvalue weighted by Gasteiger charge is 2.23. The summed E-state index contributed by atoms with van der Waals surface area (Å²) in [5.74, 6) is 2.16. The van der Waals surface area contributed by atoms with E-state index < -0.39 is 0 Å². The van der Waals surface area contributed by atoms with Crippen LogP contribution in [0, 0.1) is 0 Å². The highest BCUT2D eigenvalue weighted by molar-refractivity contribution is 7.99. The summed E-state index contributed by atoms with van der Waals surface area (Å²) < 4.78 is 5.19. The van der Waals surface area contributed by atoms with Crippen molar-refractivity contribution in [2.24, 2.45) is 0 Å². The third kappa shape index (κ3) is 1.51. The lowest BCUT2D eigenvalue weighted by atomic mass is 10.0. The fourth-order valence-electron chi connectivity index (χ4n) is 1.55. The molecule has 1 aromatic carbocycles. The molecule has 2 rings (SSSR count). The van der Waals surface area contributed by atoms with Crippen LogP contribution in [0.25, 0.3) is 0 Å². The molecule has 0 aromatic heterocycles. The molecule has 0 fully saturated rings. The molecule has 0 bridgehead atoms. The van der Waals surface area contributed by atoms with Crippen LogP contribution >= 0.6 is 23.4 Å². The molecule has 4 heteroatoms. The lowest BCUT2D eigenvalue weighted by molar-refractivity contribution is 0.102. The Balaban J connectivity index is 2.63. The second kappa shape index (κ2) is 3.83. The lowest BCUT2D eigenvalue weighted by Gasteiger charge is -2.18. The number of halogens is 1. The van der Waals surface area contributed by atoms with Crippen molar-refractivity contribution in [1.82, 2.24) is 0 Å². The molecule has 74 valence electrons. The van der Waals surface area contributed by atoms with Gasteiger partial charge in [-0.3, -0.25) is 4.79 Å². The van der Waals surface area contributed by atoms with Gasteiger partial charge in [-0.05, 0) is 12.1 Å². The highest BCUT2D eigenvalue weighted by Crippen LogP contribution is 2.35. The summed E-state index contributed by atoms with van der Waals surface area (Å²) in [7, 11) is 1.60. The van der Waals surface area contributed by atoms with Crippen molar-refractivity contribution in [2.75, 3.05) is 12.9 Å². The molecule has 1 aliphatic heterocycles. The third-order valence-electron chi connectivity index (χ3n) is 2.20. The van der Waals surface area contributed by atoms with E-state index >= 15 is 0 Å². The molecular weight excluding hydrogens is 220 g/mol. The van der Waals surface area contributed by atoms with E-state index in [2.05, 4.69) is 0 Å². The topological polar surface area (TPSA) is 26.3 Å². The van der Waals surface area contributed by atoms with Gasteiger partial charge in [0.1, 0.15) is 5.75 Å². The van der Waals surface area contributed by atoms with Crippen molar-refractivity contribution < 1.29 is 9.53 Å². The normalized spacial score (nSPS) is 15.1. The number of Topliss-reactive ketones (excluding diaryl/α,β-unsaturated/α-hetero) is 1. The number of ether oxygens (including phenoxy) is 1. The molecule has 2 nitrogen and oxygen atoms in total. The number of hydrogen-bond acceptors (Lipinski definition) is 3. The Morgan fingerprint density at radius 2 is 2.21 bits per heavy atom. The number of thioether (sulfide) groups is 1. The van der Waals surface area contributed by atoms with E-state index in [0.29, 0.717) is 16.3 Å². The Hall–Kier alpha value is -0.670. The first-order valence-electron chi connectivity index (χ1n) is 4.20. The Bertz CT molecular complexity index is 390. The fraction of sp³-hybridized carbons (Fsp3) is 0.300. The maximum atomic E-state index is 11.6. The van der Waals surface area contributed by atoms with E-state index in [-0.39, 0.29) is 5.78 Å². The number of hydrogen-bond donors (Lipinski definition) is 0. The van der Waals surface area contributed by atoms with E-state index in [4.69, 9.17) is 16.3 Å². The second-order valence-corrected chi connectivity index (χ2v) is 4.41. The van der Waals surface area contributed by atoms with Crippen LogP contribution in [0.1, 0.15) is 15.9 Å². The van der Waals surface area contributed by atoms with Gasteiger partial charge in [-0.15, -0.1) is 11.8 Å². The number of fused-ring (bicyclic) bond motifs is 1. The summed E-state index contributed by atoms with van der Waals surface area (Å²) in [6.45, 7) is 0. The summed E-state index contributed by atoms with van der Waals surface area (Å²) in [5, 5.41) is 0.533. The van der Waals surface area contributed by atoms with Crippen LogP contribution < -0.4 is 4.74 Å². The van der Waals surface area contributed by atoms with Gasteiger partial charge >= 0.3 is 0 Å². The van der Waals surface area contributed by atoms with Crippen LogP contribution in [-0.4, -0.2) is 18.6 Å². The fourth-order valence-corrected chi connectivity index (χ4v) is 2.76. The van der Waals surface area contributed by atoms with Gasteiger partial charge in [0, 0.05) is 16.9 Å². The molecule has 1 aliphatic rings. The highest BCUT2D eigenvalue weighted by atomic mass is 35.5. The van der Waals surface area contributed by atoms with Crippen molar-refractivity contribution in [2.45, 2.75) is 5.75 Å². The Morgan fingerprint density at radius 1 is 1.43 bits per heavy atom. The smallest absolute Gasteiger partial charge is 0.174 e. The van der Waals surface area contributed by atoms with Crippen LogP contribution in [0.3, 0.4) is 0 Å². The Morgan fingerprint density at radius 3 is 2.93 bits per heavy atom. The van der Waals surface area contributed by atoms with Crippen molar-refractivity contribution in [3.8, 4) is 5.75 Å². The molecule has 1 heterocycles. The summed E-state index contributed by atoms with van der Waals surface area (Å²) in [4.78, 5) is 11.6. The number of rotatable bonds is 1. The molecule has 0 unspecified atom stereocenters. The molecule has 0 saturated heterocycles. The average Bonchev–Trinajstić information content (AvgIpc) is 2.18. The standard InChI is InChI=1S/C10H9ClO2S/c1-13-9-3-2-7(11)10-6(9)4-14-5-8(10)12/h2-3H,4-5H2,1H3. The molecule has 0 radical (unpaired) electrons. The molecule has 0 spiro atoms. The monoisotopic (exact) mass is 228 g/mol. The van der Waals surface area contributed by atoms with Crippen LogP contribution in [0.5, 0.6) is 5.75 Å². The van der Waals surface area contributed by atoms with Gasteiger partial charge in [-0.2, -0.15) is 0 Å². The van der Waals surface area contributed by atoms with Crippen molar-refractivity contribution >= 4 is 29.1 Å². The zero-order chi connectivity index (χ0) is 10.1. The first-order valence-corrected chi connectivity index (χ1v) is 5.73. The number of ketones is 1. The summed E-state index contributed by atoms with van der Waals surface area (Å²) in [5.41, 5.74) is 1.58. The summed E-state index contributed by atoms with van der Waals surface area (Å²) in [6, 6.07) is 3.52. The van der Waals surface area contributed by atoms with Crippen molar-refractivity contribution in [3.63, 3.8) is 0 Å². The second-order valence-electron chi connectivity index (χ2n) is 3.02. The van der Waals surface area contributed by atoms with Crippen LogP contribution in [-0.2, 0) is 5.75 Å². The van der Waals surface area contributed by atoms with Gasteiger partial charge in [-0.1, -0.05) is 11.6 Å². The van der Waals surface area contributed by atoms with E-state index in [1.165, 1.54) is 0 Å². The molecule has 0 amide bonds. The molecule has 0 N–H and O–H groups in total. The maximum absolute atomic E-state index is 11.6. The minimum absolute atomic E-state index is 0.0974. The van der Waals surface area contributed by atoms with Crippen LogP contribution in [0.15, 0.2) is 12.1 Å². The van der Waals surface area contributed by atoms with Gasteiger partial charge in [-0.25, -0.2) is 0 Å². The number of methoxy groups -OCH3 is 1. The summed E-state index contributed by atoms with van der Waals surface area (Å²) in [6.07, 6.45) is 0. The SMILES string of the molecule is COc1ccc(Cl)c2c1CSCC2=O. The molecule has 0 atom stereocenters. The third-order valence-corrected chi connectivity index (χ3v) is 3.47. The Kier molecular flexibility index (Phi) is 2.70. The minimum Gasteiger partial charge on any atom is -0.496 e. The largest absolute Gasteiger partial charge is 0.496 e. The first-order chi connectivity index (χ1) is 6.74. The number of carbonyl (C=O) groups excluding carboxylic acids is 1. The zero-order valence-corrected chi connectivity index (χ0v) is 9.24. The lowest BCUT2D eigenvalue weighted by Crippen LogP contribution is -2.13. The molecule has 0 saturated carbocycles. The predicted octanol–water partition coefficient (Wildman–Crippen LogP) is 2.78.